The van der Waals surface area contributed by atoms with Crippen molar-refractivity contribution in [3.05, 3.63) is 24.3 Å². The lowest BCUT2D eigenvalue weighted by Gasteiger charge is -2.24. The summed E-state index contributed by atoms with van der Waals surface area (Å²) >= 11 is 0. The fourth-order valence-corrected chi connectivity index (χ4v) is 4.81. The summed E-state index contributed by atoms with van der Waals surface area (Å²) in [6.45, 7) is 3.94. The number of phosphoric acid groups is 1. The van der Waals surface area contributed by atoms with Crippen LogP contribution < -0.4 is 0 Å². The Morgan fingerprint density at radius 1 is 0.675 bits per heavy atom. The molecule has 0 spiro atoms. The second-order valence-electron chi connectivity index (χ2n) is 11.9. The number of likely N-dealkylation sites (N-methyl/N-ethyl adjacent to an activating group) is 1. The molecule has 0 aromatic carbocycles. The molecular formula is C32H65NO6P+. The maximum Gasteiger partial charge on any atom is 0.472 e. The van der Waals surface area contributed by atoms with E-state index in [1.807, 2.05) is 21.1 Å². The Morgan fingerprint density at radius 3 is 1.62 bits per heavy atom. The molecular weight excluding hydrogens is 525 g/mol. The third-order valence-electron chi connectivity index (χ3n) is 6.79. The minimum atomic E-state index is -4.08. The summed E-state index contributed by atoms with van der Waals surface area (Å²) in [6, 6.07) is 0. The molecule has 0 aromatic heterocycles. The number of hydrogen-bond acceptors (Lipinski definition) is 5. The van der Waals surface area contributed by atoms with Gasteiger partial charge in [-0.25, -0.2) is 4.57 Å². The molecule has 0 radical (unpaired) electrons. The van der Waals surface area contributed by atoms with Gasteiger partial charge in [0.2, 0.25) is 0 Å². The first-order chi connectivity index (χ1) is 19.2. The molecule has 0 fully saturated rings. The first-order valence-corrected chi connectivity index (χ1v) is 17.5. The van der Waals surface area contributed by atoms with Gasteiger partial charge < -0.3 is 18.9 Å². The third-order valence-corrected chi connectivity index (χ3v) is 7.77. The number of ether oxygens (including phenoxy) is 2. The minimum Gasteiger partial charge on any atom is -0.379 e. The van der Waals surface area contributed by atoms with Crippen LogP contribution in [0.15, 0.2) is 24.3 Å². The molecule has 8 heteroatoms. The molecule has 40 heavy (non-hydrogen) atoms. The minimum absolute atomic E-state index is 0.0449. The quantitative estimate of drug-likeness (QED) is 0.0391. The number of rotatable bonds is 30. The molecule has 0 amide bonds. The first-order valence-electron chi connectivity index (χ1n) is 16.0. The number of hydrogen-bond donors (Lipinski definition) is 1. The van der Waals surface area contributed by atoms with Gasteiger partial charge in [0, 0.05) is 13.7 Å². The number of quaternary nitrogens is 1. The summed E-state index contributed by atoms with van der Waals surface area (Å²) in [5.41, 5.74) is 0. The smallest absolute Gasteiger partial charge is 0.379 e. The molecule has 7 nitrogen and oxygen atoms in total. The maximum atomic E-state index is 12.0. The van der Waals surface area contributed by atoms with Gasteiger partial charge >= 0.3 is 7.82 Å². The molecule has 0 rings (SSSR count). The van der Waals surface area contributed by atoms with Crippen molar-refractivity contribution in [2.45, 2.75) is 122 Å². The van der Waals surface area contributed by atoms with Crippen molar-refractivity contribution in [1.82, 2.24) is 0 Å². The second kappa shape index (κ2) is 27.3. The third kappa shape index (κ3) is 30.4. The number of phosphoric ester groups is 1. The summed E-state index contributed by atoms with van der Waals surface area (Å²) in [5.74, 6) is 0. The predicted octanol–water partition coefficient (Wildman–Crippen LogP) is 8.62. The highest BCUT2D eigenvalue weighted by atomic mass is 31.2. The van der Waals surface area contributed by atoms with E-state index in [0.29, 0.717) is 24.2 Å². The highest BCUT2D eigenvalue weighted by Crippen LogP contribution is 2.43. The van der Waals surface area contributed by atoms with Crippen molar-refractivity contribution < 1.29 is 32.5 Å². The Bertz CT molecular complexity index is 650. The van der Waals surface area contributed by atoms with Crippen LogP contribution in [0.3, 0.4) is 0 Å². The average molecular weight is 591 g/mol. The van der Waals surface area contributed by atoms with Crippen molar-refractivity contribution in [2.75, 3.05) is 61.2 Å². The SMILES string of the molecule is CCCCC=CCCCCCCCCCCC=CCCCCCOC[C@H](COP(=O)(O)OCC[N+](C)(C)C)OC. The number of methoxy groups -OCH3 is 1. The zero-order valence-corrected chi connectivity index (χ0v) is 27.7. The summed E-state index contributed by atoms with van der Waals surface area (Å²) in [6.07, 6.45) is 30.7. The largest absolute Gasteiger partial charge is 0.472 e. The number of unbranched alkanes of at least 4 members (excludes halogenated alkanes) is 14. The van der Waals surface area contributed by atoms with Crippen LogP contribution in [0, 0.1) is 0 Å². The maximum absolute atomic E-state index is 12.0. The molecule has 1 N–H and O–H groups in total. The van der Waals surface area contributed by atoms with E-state index in [1.165, 1.54) is 89.9 Å². The van der Waals surface area contributed by atoms with Crippen molar-refractivity contribution in [3.63, 3.8) is 0 Å². The topological polar surface area (TPSA) is 74.2 Å². The van der Waals surface area contributed by atoms with Crippen molar-refractivity contribution in [2.24, 2.45) is 0 Å². The second-order valence-corrected chi connectivity index (χ2v) is 13.3. The predicted molar refractivity (Wildman–Crippen MR) is 169 cm³/mol. The van der Waals surface area contributed by atoms with E-state index in [4.69, 9.17) is 18.5 Å². The van der Waals surface area contributed by atoms with E-state index >= 15 is 0 Å². The summed E-state index contributed by atoms with van der Waals surface area (Å²) in [5, 5.41) is 0. The van der Waals surface area contributed by atoms with Crippen molar-refractivity contribution >= 4 is 7.82 Å². The Labute approximate surface area is 247 Å². The van der Waals surface area contributed by atoms with Crippen molar-refractivity contribution in [1.29, 1.82) is 0 Å². The molecule has 1 unspecified atom stereocenters. The molecule has 0 aliphatic rings. The van der Waals surface area contributed by atoms with E-state index in [1.54, 1.807) is 7.11 Å². The Hall–Kier alpha value is -0.530. The molecule has 0 aromatic rings. The van der Waals surface area contributed by atoms with Crippen LogP contribution in [-0.4, -0.2) is 76.7 Å². The first kappa shape index (κ1) is 39.5. The molecule has 2 atom stereocenters. The van der Waals surface area contributed by atoms with E-state index in [-0.39, 0.29) is 13.2 Å². The molecule has 0 aliphatic carbocycles. The molecule has 0 saturated carbocycles. The van der Waals surface area contributed by atoms with Crippen LogP contribution in [-0.2, 0) is 23.1 Å². The van der Waals surface area contributed by atoms with E-state index < -0.39 is 13.9 Å². The van der Waals surface area contributed by atoms with Gasteiger partial charge in [-0.1, -0.05) is 89.0 Å². The van der Waals surface area contributed by atoms with Gasteiger partial charge in [-0.2, -0.15) is 0 Å². The van der Waals surface area contributed by atoms with Crippen LogP contribution >= 0.6 is 7.82 Å². The van der Waals surface area contributed by atoms with Crippen molar-refractivity contribution in [3.8, 4) is 0 Å². The van der Waals surface area contributed by atoms with E-state index in [9.17, 15) is 9.46 Å². The fraction of sp³-hybridized carbons (Fsp3) is 0.875. The molecule has 0 heterocycles. The van der Waals surface area contributed by atoms with Gasteiger partial charge in [0.05, 0.1) is 34.4 Å². The van der Waals surface area contributed by atoms with Gasteiger partial charge in [-0.3, -0.25) is 9.05 Å². The number of nitrogens with zero attached hydrogens (tertiary/aromatic N) is 1. The summed E-state index contributed by atoms with van der Waals surface area (Å²) in [7, 11) is 3.43. The molecule has 0 aliphatic heterocycles. The number of allylic oxidation sites excluding steroid dienone is 4. The van der Waals surface area contributed by atoms with Gasteiger partial charge in [0.15, 0.2) is 0 Å². The average Bonchev–Trinajstić information content (AvgIpc) is 2.90. The van der Waals surface area contributed by atoms with Crippen LogP contribution in [0.4, 0.5) is 0 Å². The monoisotopic (exact) mass is 590 g/mol. The zero-order chi connectivity index (χ0) is 29.8. The molecule has 238 valence electrons. The van der Waals surface area contributed by atoms with Crippen LogP contribution in [0.2, 0.25) is 0 Å². The Kier molecular flexibility index (Phi) is 27.0. The highest BCUT2D eigenvalue weighted by molar-refractivity contribution is 7.47. The van der Waals surface area contributed by atoms with E-state index in [0.717, 1.165) is 19.3 Å². The van der Waals surface area contributed by atoms with E-state index in [2.05, 4.69) is 31.2 Å². The standard InChI is InChI=1S/C32H64NO6P/c1-6-7-8-9-10-11-12-13-14-15-16-17-18-19-20-21-22-23-24-25-26-28-37-30-32(36-5)31-39-40(34,35)38-29-27-33(2,3)4/h9-10,21-22,32H,6-8,11-20,23-31H2,1-5H3/p+1/t32-/m1/s1. The summed E-state index contributed by atoms with van der Waals surface area (Å²) in [4.78, 5) is 9.81. The van der Waals surface area contributed by atoms with Crippen LogP contribution in [0.5, 0.6) is 0 Å². The van der Waals surface area contributed by atoms with Gasteiger partial charge in [-0.05, 0) is 51.4 Å². The lowest BCUT2D eigenvalue weighted by molar-refractivity contribution is -0.870. The lowest BCUT2D eigenvalue weighted by Crippen LogP contribution is -2.37. The van der Waals surface area contributed by atoms with Gasteiger partial charge in [0.25, 0.3) is 0 Å². The van der Waals surface area contributed by atoms with Crippen LogP contribution in [0.25, 0.3) is 0 Å². The summed E-state index contributed by atoms with van der Waals surface area (Å²) < 4.78 is 33.7. The van der Waals surface area contributed by atoms with Crippen LogP contribution in [0.1, 0.15) is 116 Å². The van der Waals surface area contributed by atoms with Gasteiger partial charge in [0.1, 0.15) is 19.3 Å². The molecule has 0 saturated heterocycles. The van der Waals surface area contributed by atoms with Gasteiger partial charge in [-0.15, -0.1) is 0 Å². The normalized spacial score (nSPS) is 14.8. The highest BCUT2D eigenvalue weighted by Gasteiger charge is 2.24. The zero-order valence-electron chi connectivity index (χ0n) is 26.8. The fourth-order valence-electron chi connectivity index (χ4n) is 4.07. The lowest BCUT2D eigenvalue weighted by atomic mass is 10.1. The Morgan fingerprint density at radius 2 is 1.15 bits per heavy atom. The Balaban J connectivity index is 3.50. The molecule has 0 bridgehead atoms.